The number of nitrogens with zero attached hydrogens (tertiary/aromatic N) is 3. The fourth-order valence-corrected chi connectivity index (χ4v) is 4.77. The van der Waals surface area contributed by atoms with Gasteiger partial charge in [-0.2, -0.15) is 30.0 Å². The van der Waals surface area contributed by atoms with Gasteiger partial charge in [0.1, 0.15) is 5.75 Å². The van der Waals surface area contributed by atoms with Crippen molar-refractivity contribution in [3.8, 4) is 5.75 Å². The third kappa shape index (κ3) is 6.93. The zero-order chi connectivity index (χ0) is 28.3. The van der Waals surface area contributed by atoms with Gasteiger partial charge in [0.2, 0.25) is 6.41 Å². The Hall–Kier alpha value is -2.93. The van der Waals surface area contributed by atoms with Crippen LogP contribution in [0.4, 0.5) is 36.8 Å². The van der Waals surface area contributed by atoms with E-state index in [1.54, 1.807) is 18.7 Å². The minimum absolute atomic E-state index is 0.00774. The summed E-state index contributed by atoms with van der Waals surface area (Å²) in [4.78, 5) is 25.7. The zero-order valence-electron chi connectivity index (χ0n) is 20.1. The number of hydrogen-bond donors (Lipinski definition) is 0. The highest BCUT2D eigenvalue weighted by Gasteiger charge is 2.43. The summed E-state index contributed by atoms with van der Waals surface area (Å²) in [5, 5.41) is 4.85. The fraction of sp³-hybridized carbons (Fsp3) is 0.375. The van der Waals surface area contributed by atoms with Gasteiger partial charge in [0.15, 0.2) is 0 Å². The summed E-state index contributed by atoms with van der Waals surface area (Å²) in [6.07, 6.45) is -6.21. The van der Waals surface area contributed by atoms with E-state index < -0.39 is 40.3 Å². The van der Waals surface area contributed by atoms with Gasteiger partial charge in [-0.05, 0) is 66.8 Å². The van der Waals surface area contributed by atoms with Crippen molar-refractivity contribution < 1.29 is 40.7 Å². The number of amides is 3. The van der Waals surface area contributed by atoms with Gasteiger partial charge < -0.3 is 4.74 Å². The predicted molar refractivity (Wildman–Crippen MR) is 132 cm³/mol. The molecule has 1 unspecified atom stereocenters. The van der Waals surface area contributed by atoms with Crippen LogP contribution in [0.25, 0.3) is 0 Å². The Labute approximate surface area is 223 Å². The van der Waals surface area contributed by atoms with Crippen LogP contribution in [0.5, 0.6) is 5.75 Å². The van der Waals surface area contributed by atoms with E-state index >= 15 is 0 Å². The molecule has 0 saturated carbocycles. The molecule has 6 nitrogen and oxygen atoms in total. The van der Waals surface area contributed by atoms with Gasteiger partial charge in [-0.15, -0.1) is 13.2 Å². The van der Waals surface area contributed by atoms with E-state index in [1.165, 1.54) is 6.07 Å². The summed E-state index contributed by atoms with van der Waals surface area (Å²) < 4.78 is 80.7. The number of halogens is 7. The summed E-state index contributed by atoms with van der Waals surface area (Å²) in [5.41, 5.74) is -1.22. The maximum absolute atomic E-state index is 13.3. The molecule has 0 spiro atoms. The lowest BCUT2D eigenvalue weighted by Gasteiger charge is -2.27. The first kappa shape index (κ1) is 29.6. The van der Waals surface area contributed by atoms with E-state index in [9.17, 15) is 35.9 Å². The van der Waals surface area contributed by atoms with Gasteiger partial charge in [0.25, 0.3) is 0 Å². The molecule has 0 N–H and O–H groups in total. The molecule has 206 valence electrons. The SMILES string of the molecule is CSCCCC1(C)CN(C(=O)N(C=O)c2ccc(OC(F)(F)F)cc2)N=C1c1ccc(C(F)(F)F)c(Cl)c1. The summed E-state index contributed by atoms with van der Waals surface area (Å²) >= 11 is 7.53. The lowest BCUT2D eigenvalue weighted by atomic mass is 9.78. The third-order valence-electron chi connectivity index (χ3n) is 5.80. The number of carbonyl (C=O) groups excluding carboxylic acids is 2. The van der Waals surface area contributed by atoms with E-state index in [0.717, 1.165) is 47.2 Å². The smallest absolute Gasteiger partial charge is 0.406 e. The van der Waals surface area contributed by atoms with E-state index in [0.29, 0.717) is 23.5 Å². The van der Waals surface area contributed by atoms with Crippen LogP contribution < -0.4 is 9.64 Å². The topological polar surface area (TPSA) is 62.2 Å². The van der Waals surface area contributed by atoms with Crippen LogP contribution in [0.3, 0.4) is 0 Å². The van der Waals surface area contributed by atoms with Crippen molar-refractivity contribution in [3.63, 3.8) is 0 Å². The molecular formula is C24H22ClF6N3O3S. The van der Waals surface area contributed by atoms with Crippen molar-refractivity contribution in [2.24, 2.45) is 10.5 Å². The number of rotatable bonds is 8. The summed E-state index contributed by atoms with van der Waals surface area (Å²) in [6, 6.07) is 6.40. The number of benzene rings is 2. The van der Waals surface area contributed by atoms with Crippen molar-refractivity contribution in [1.82, 2.24) is 5.01 Å². The maximum atomic E-state index is 13.3. The standard InChI is InChI=1S/C24H22ClF6N3O3S/c1-22(10-3-11-38-2)13-34(32-20(22)15-4-9-18(19(25)12-15)23(26,27)28)21(36)33(14-35)16-5-7-17(8-6-16)37-24(29,30)31/h4-9,12,14H,3,10-11,13H2,1-2H3. The number of imide groups is 1. The van der Waals surface area contributed by atoms with E-state index in [-0.39, 0.29) is 24.2 Å². The highest BCUT2D eigenvalue weighted by molar-refractivity contribution is 7.98. The number of urea groups is 1. The van der Waals surface area contributed by atoms with Crippen LogP contribution in [0.2, 0.25) is 5.02 Å². The lowest BCUT2D eigenvalue weighted by molar-refractivity contribution is -0.274. The molecule has 1 aliphatic heterocycles. The number of carbonyl (C=O) groups is 2. The molecular weight excluding hydrogens is 560 g/mol. The Bertz CT molecular complexity index is 1210. The molecule has 0 radical (unpaired) electrons. The summed E-state index contributed by atoms with van der Waals surface area (Å²) in [5.74, 6) is 0.249. The molecule has 3 amide bonds. The molecule has 1 aliphatic rings. The van der Waals surface area contributed by atoms with Gasteiger partial charge in [0.05, 0.1) is 28.5 Å². The lowest BCUT2D eigenvalue weighted by Crippen LogP contribution is -2.41. The second kappa shape index (κ2) is 11.4. The Kier molecular flexibility index (Phi) is 8.92. The predicted octanol–water partition coefficient (Wildman–Crippen LogP) is 7.21. The van der Waals surface area contributed by atoms with Gasteiger partial charge in [0, 0.05) is 5.41 Å². The minimum atomic E-state index is -4.91. The zero-order valence-corrected chi connectivity index (χ0v) is 21.6. The van der Waals surface area contributed by atoms with Crippen LogP contribution in [0.1, 0.15) is 30.9 Å². The normalized spacial score (nSPS) is 17.8. The Morgan fingerprint density at radius 3 is 2.37 bits per heavy atom. The minimum Gasteiger partial charge on any atom is -0.406 e. The molecule has 2 aromatic carbocycles. The first-order valence-electron chi connectivity index (χ1n) is 11.1. The highest BCUT2D eigenvalue weighted by atomic mass is 35.5. The van der Waals surface area contributed by atoms with E-state index in [2.05, 4.69) is 9.84 Å². The van der Waals surface area contributed by atoms with Crippen LogP contribution in [0.15, 0.2) is 47.6 Å². The van der Waals surface area contributed by atoms with Gasteiger partial charge in [-0.3, -0.25) is 4.79 Å². The van der Waals surface area contributed by atoms with E-state index in [4.69, 9.17) is 11.6 Å². The van der Waals surface area contributed by atoms with Gasteiger partial charge >= 0.3 is 18.6 Å². The Balaban J connectivity index is 1.94. The average molecular weight is 582 g/mol. The molecule has 0 aliphatic carbocycles. The summed E-state index contributed by atoms with van der Waals surface area (Å²) in [6.45, 7) is 1.81. The largest absolute Gasteiger partial charge is 0.573 e. The molecule has 0 fully saturated rings. The molecule has 38 heavy (non-hydrogen) atoms. The second-order valence-corrected chi connectivity index (χ2v) is 10.0. The highest BCUT2D eigenvalue weighted by Crippen LogP contribution is 2.40. The number of hydrazone groups is 1. The molecule has 2 aromatic rings. The molecule has 1 atom stereocenters. The van der Waals surface area contributed by atoms with Gasteiger partial charge in [-0.25, -0.2) is 14.7 Å². The fourth-order valence-electron chi connectivity index (χ4n) is 4.04. The number of thioether (sulfide) groups is 1. The van der Waals surface area contributed by atoms with Crippen molar-refractivity contribution in [2.45, 2.75) is 32.3 Å². The second-order valence-electron chi connectivity index (χ2n) is 8.66. The van der Waals surface area contributed by atoms with Crippen LogP contribution in [0, 0.1) is 5.41 Å². The maximum Gasteiger partial charge on any atom is 0.573 e. The number of ether oxygens (including phenoxy) is 1. The number of alkyl halides is 6. The molecule has 0 bridgehead atoms. The Morgan fingerprint density at radius 2 is 1.84 bits per heavy atom. The van der Waals surface area contributed by atoms with Crippen molar-refractivity contribution >= 4 is 47.2 Å². The number of hydrogen-bond acceptors (Lipinski definition) is 5. The quantitative estimate of drug-likeness (QED) is 0.188. The number of anilines is 1. The first-order valence-corrected chi connectivity index (χ1v) is 12.8. The van der Waals surface area contributed by atoms with Crippen LogP contribution in [-0.4, -0.2) is 48.1 Å². The molecule has 3 rings (SSSR count). The van der Waals surface area contributed by atoms with Crippen LogP contribution >= 0.6 is 23.4 Å². The van der Waals surface area contributed by atoms with Gasteiger partial charge in [-0.1, -0.05) is 24.6 Å². The van der Waals surface area contributed by atoms with Crippen molar-refractivity contribution in [3.05, 3.63) is 58.6 Å². The monoisotopic (exact) mass is 581 g/mol. The molecule has 1 heterocycles. The van der Waals surface area contributed by atoms with Crippen molar-refractivity contribution in [1.29, 1.82) is 0 Å². The first-order chi connectivity index (χ1) is 17.7. The Morgan fingerprint density at radius 1 is 1.18 bits per heavy atom. The molecule has 0 aromatic heterocycles. The molecule has 0 saturated heterocycles. The summed E-state index contributed by atoms with van der Waals surface area (Å²) in [7, 11) is 0. The van der Waals surface area contributed by atoms with E-state index in [1.807, 2.05) is 6.26 Å². The molecule has 14 heteroatoms. The van der Waals surface area contributed by atoms with Crippen molar-refractivity contribution in [2.75, 3.05) is 23.5 Å². The third-order valence-corrected chi connectivity index (χ3v) is 6.81. The van der Waals surface area contributed by atoms with Crippen LogP contribution in [-0.2, 0) is 11.0 Å². The average Bonchev–Trinajstić information content (AvgIpc) is 3.16.